The van der Waals surface area contributed by atoms with Gasteiger partial charge in [0.2, 0.25) is 10.0 Å². The van der Waals surface area contributed by atoms with Crippen LogP contribution in [-0.2, 0) is 27.1 Å². The number of hydrogen-bond donors (Lipinski definition) is 3. The van der Waals surface area contributed by atoms with Gasteiger partial charge in [0.1, 0.15) is 17.3 Å². The molecule has 3 heterocycles. The summed E-state index contributed by atoms with van der Waals surface area (Å²) in [5, 5.41) is 9.43. The molecule has 2 aliphatic rings. The Kier molecular flexibility index (Phi) is 7.93. The number of aryl methyl sites for hydroxylation is 1. The van der Waals surface area contributed by atoms with Crippen molar-refractivity contribution in [2.75, 3.05) is 23.7 Å². The molecule has 1 saturated heterocycles. The van der Waals surface area contributed by atoms with E-state index in [9.17, 15) is 8.42 Å². The van der Waals surface area contributed by atoms with Crippen molar-refractivity contribution in [3.63, 3.8) is 0 Å². The van der Waals surface area contributed by atoms with Gasteiger partial charge in [-0.1, -0.05) is 41.9 Å². The summed E-state index contributed by atoms with van der Waals surface area (Å²) in [4.78, 5) is 4.50. The number of fused-ring (bicyclic) bond motifs is 1. The Hall–Kier alpha value is -3.51. The Balaban J connectivity index is 1.30. The largest absolute Gasteiger partial charge is 0.383 e. The van der Waals surface area contributed by atoms with Crippen molar-refractivity contribution in [2.45, 2.75) is 50.6 Å². The molecule has 0 unspecified atom stereocenters. The Morgan fingerprint density at radius 2 is 2.00 bits per heavy atom. The summed E-state index contributed by atoms with van der Waals surface area (Å²) in [6.45, 7) is 4.10. The highest BCUT2D eigenvalue weighted by atomic mass is 35.5. The number of pyridine rings is 1. The lowest BCUT2D eigenvalue weighted by atomic mass is 9.89. The number of nitrogens with zero attached hydrogens (tertiary/aromatic N) is 3. The lowest BCUT2D eigenvalue weighted by molar-refractivity contribution is -0.0103. The van der Waals surface area contributed by atoms with Gasteiger partial charge in [-0.15, -0.1) is 0 Å². The lowest BCUT2D eigenvalue weighted by Crippen LogP contribution is -2.50. The highest BCUT2D eigenvalue weighted by Crippen LogP contribution is 2.39. The van der Waals surface area contributed by atoms with Crippen LogP contribution < -0.4 is 15.8 Å². The van der Waals surface area contributed by atoms with E-state index in [1.807, 2.05) is 11.6 Å². The maximum atomic E-state index is 15.3. The molecule has 1 aliphatic heterocycles. The first-order valence-electron chi connectivity index (χ1n) is 13.9. The molecule has 220 valence electrons. The second kappa shape index (κ2) is 11.6. The average Bonchev–Trinajstić information content (AvgIpc) is 3.34. The summed E-state index contributed by atoms with van der Waals surface area (Å²) in [6.07, 6.45) is 6.84. The molecule has 0 spiro atoms. The number of rotatable bonds is 9. The maximum Gasteiger partial charge on any atom is 0.237 e. The summed E-state index contributed by atoms with van der Waals surface area (Å²) in [6, 6.07) is 11.8. The molecule has 9 nitrogen and oxygen atoms in total. The molecule has 12 heteroatoms. The Morgan fingerprint density at radius 1 is 1.19 bits per heavy atom. The van der Waals surface area contributed by atoms with Gasteiger partial charge < -0.3 is 15.8 Å². The minimum atomic E-state index is -3.92. The van der Waals surface area contributed by atoms with E-state index in [-0.39, 0.29) is 11.4 Å². The van der Waals surface area contributed by atoms with E-state index in [4.69, 9.17) is 27.2 Å². The number of anilines is 2. The Bertz CT molecular complexity index is 1790. The van der Waals surface area contributed by atoms with Crippen LogP contribution in [0, 0.1) is 5.82 Å². The van der Waals surface area contributed by atoms with Crippen molar-refractivity contribution in [1.29, 1.82) is 0 Å². The van der Waals surface area contributed by atoms with Crippen molar-refractivity contribution in [3.05, 3.63) is 76.7 Å². The minimum Gasteiger partial charge on any atom is -0.383 e. The molecule has 0 saturated carbocycles. The summed E-state index contributed by atoms with van der Waals surface area (Å²) in [5.74, 6) is -0.816. The van der Waals surface area contributed by atoms with Crippen molar-refractivity contribution in [3.8, 4) is 11.3 Å². The predicted molar refractivity (Wildman–Crippen MR) is 164 cm³/mol. The first kappa shape index (κ1) is 28.6. The number of aromatic nitrogens is 3. The van der Waals surface area contributed by atoms with Gasteiger partial charge in [0.15, 0.2) is 0 Å². The lowest BCUT2D eigenvalue weighted by Gasteiger charge is -2.33. The third-order valence-electron chi connectivity index (χ3n) is 7.77. The molecule has 4 N–H and O–H groups in total. The van der Waals surface area contributed by atoms with Crippen LogP contribution >= 0.6 is 11.6 Å². The zero-order valence-corrected chi connectivity index (χ0v) is 24.7. The van der Waals surface area contributed by atoms with Crippen LogP contribution in [0.2, 0.25) is 5.02 Å². The van der Waals surface area contributed by atoms with Crippen LogP contribution in [0.1, 0.15) is 37.3 Å². The fourth-order valence-electron chi connectivity index (χ4n) is 5.57. The fraction of sp³-hybridized carbons (Fsp3) is 0.333. The van der Waals surface area contributed by atoms with E-state index in [0.29, 0.717) is 51.7 Å². The van der Waals surface area contributed by atoms with Gasteiger partial charge in [-0.3, -0.25) is 9.40 Å². The molecule has 42 heavy (non-hydrogen) atoms. The predicted octanol–water partition coefficient (Wildman–Crippen LogP) is 5.36. The summed E-state index contributed by atoms with van der Waals surface area (Å²) in [5.41, 5.74) is 10.6. The summed E-state index contributed by atoms with van der Waals surface area (Å²) >= 11 is 6.12. The van der Waals surface area contributed by atoms with Crippen LogP contribution in [0.3, 0.4) is 0 Å². The molecule has 4 aromatic rings. The van der Waals surface area contributed by atoms with Crippen molar-refractivity contribution in [1.82, 2.24) is 20.1 Å². The normalized spacial score (nSPS) is 17.7. The number of hydrogen-bond acceptors (Lipinski definition) is 7. The van der Waals surface area contributed by atoms with Gasteiger partial charge in [-0.05, 0) is 55.5 Å². The molecular weight excluding hydrogens is 579 g/mol. The second-order valence-corrected chi connectivity index (χ2v) is 12.8. The molecule has 6 rings (SSSR count). The summed E-state index contributed by atoms with van der Waals surface area (Å²) in [7, 11) is -3.92. The van der Waals surface area contributed by atoms with Crippen LogP contribution in [0.4, 0.5) is 15.9 Å². The van der Waals surface area contributed by atoms with Crippen LogP contribution in [0.15, 0.2) is 54.7 Å². The van der Waals surface area contributed by atoms with E-state index in [0.717, 1.165) is 43.6 Å². The molecule has 0 bridgehead atoms. The Morgan fingerprint density at radius 3 is 2.67 bits per heavy atom. The van der Waals surface area contributed by atoms with Crippen molar-refractivity contribution < 1.29 is 17.5 Å². The third kappa shape index (κ3) is 5.74. The number of nitrogen functional groups attached to an aromatic ring is 1. The van der Waals surface area contributed by atoms with Crippen LogP contribution in [-0.4, -0.2) is 48.5 Å². The van der Waals surface area contributed by atoms with E-state index in [1.165, 1.54) is 17.7 Å². The number of nitrogens with one attached hydrogen (secondary N) is 2. The zero-order valence-electron chi connectivity index (χ0n) is 23.1. The van der Waals surface area contributed by atoms with Crippen molar-refractivity contribution in [2.24, 2.45) is 0 Å². The van der Waals surface area contributed by atoms with E-state index in [1.54, 1.807) is 36.5 Å². The van der Waals surface area contributed by atoms with E-state index in [2.05, 4.69) is 21.1 Å². The number of allylic oxidation sites excluding steroid dienone is 1. The molecule has 2 aromatic carbocycles. The number of ether oxygens (including phenoxy) is 1. The van der Waals surface area contributed by atoms with Gasteiger partial charge in [-0.2, -0.15) is 5.10 Å². The SMILES string of the molecule is CCn1nc(-c2ccc(NS(=O)(=O)Cc3ccccc3Cl)c(F)c2)c2c(N)ncc(C3=CC[C@@H](NC4COC4)CC3)c21. The fourth-order valence-corrected chi connectivity index (χ4v) is 7.08. The van der Waals surface area contributed by atoms with Crippen molar-refractivity contribution >= 4 is 49.6 Å². The summed E-state index contributed by atoms with van der Waals surface area (Å²) < 4.78 is 50.4. The van der Waals surface area contributed by atoms with Crippen LogP contribution in [0.25, 0.3) is 27.7 Å². The first-order valence-corrected chi connectivity index (χ1v) is 16.0. The third-order valence-corrected chi connectivity index (χ3v) is 9.36. The van der Waals surface area contributed by atoms with Gasteiger partial charge in [0.05, 0.1) is 41.6 Å². The maximum absolute atomic E-state index is 15.3. The van der Waals surface area contributed by atoms with Crippen LogP contribution in [0.5, 0.6) is 0 Å². The minimum absolute atomic E-state index is 0.166. The van der Waals surface area contributed by atoms with E-state index >= 15 is 4.39 Å². The standard InChI is InChI=1S/C30H32ClFN6O3S/c1-2-38-29-23(18-7-10-21(11-8-18)35-22-15-41-16-22)14-34-30(33)27(29)28(36-38)19-9-12-26(25(32)13-19)37-42(39,40)17-20-5-3-4-6-24(20)31/h3-7,9,12-14,21-22,35,37H,2,8,10-11,15-17H2,1H3,(H2,33,34)/t21-/m1/s1. The van der Waals surface area contributed by atoms with E-state index < -0.39 is 15.8 Å². The molecule has 2 aromatic heterocycles. The van der Waals surface area contributed by atoms with Gasteiger partial charge in [0, 0.05) is 34.9 Å². The quantitative estimate of drug-likeness (QED) is 0.233. The van der Waals surface area contributed by atoms with Gasteiger partial charge >= 0.3 is 0 Å². The zero-order chi connectivity index (χ0) is 29.4. The highest BCUT2D eigenvalue weighted by molar-refractivity contribution is 7.91. The molecular formula is C30H32ClFN6O3S. The molecule has 1 fully saturated rings. The smallest absolute Gasteiger partial charge is 0.237 e. The average molecular weight is 611 g/mol. The number of halogens is 2. The monoisotopic (exact) mass is 610 g/mol. The first-order chi connectivity index (χ1) is 20.2. The molecule has 0 amide bonds. The number of benzene rings is 2. The highest BCUT2D eigenvalue weighted by Gasteiger charge is 2.26. The topological polar surface area (TPSA) is 124 Å². The van der Waals surface area contributed by atoms with Gasteiger partial charge in [0.25, 0.3) is 0 Å². The second-order valence-electron chi connectivity index (χ2n) is 10.7. The molecule has 1 atom stereocenters. The van der Waals surface area contributed by atoms with Gasteiger partial charge in [-0.25, -0.2) is 17.8 Å². The molecule has 0 radical (unpaired) electrons. The molecule has 1 aliphatic carbocycles. The number of nitrogens with two attached hydrogens (primary N) is 1. The number of sulfonamides is 1. The Labute approximate surface area is 249 Å².